The fourth-order valence-corrected chi connectivity index (χ4v) is 2.43. The first-order valence-corrected chi connectivity index (χ1v) is 7.37. The van der Waals surface area contributed by atoms with Crippen LogP contribution in [-0.2, 0) is 0 Å². The van der Waals surface area contributed by atoms with Crippen LogP contribution in [0.25, 0.3) is 0 Å². The van der Waals surface area contributed by atoms with Crippen molar-refractivity contribution in [1.29, 1.82) is 0 Å². The number of ketones is 1. The third-order valence-electron chi connectivity index (χ3n) is 2.45. The van der Waals surface area contributed by atoms with E-state index in [1.54, 1.807) is 30.3 Å². The number of carbonyl (C=O) groups is 1. The van der Waals surface area contributed by atoms with Crippen molar-refractivity contribution < 1.29 is 9.53 Å². The highest BCUT2D eigenvalue weighted by molar-refractivity contribution is 9.10. The second kappa shape index (κ2) is 6.07. The summed E-state index contributed by atoms with van der Waals surface area (Å²) in [6, 6.07) is 10.5. The molecule has 2 nitrogen and oxygen atoms in total. The third-order valence-corrected chi connectivity index (χ3v) is 3.88. The molecule has 98 valence electrons. The molecule has 19 heavy (non-hydrogen) atoms. The lowest BCUT2D eigenvalue weighted by Crippen LogP contribution is -1.93. The smallest absolute Gasteiger partial charge is 0.159 e. The summed E-state index contributed by atoms with van der Waals surface area (Å²) in [6.45, 7) is 1.52. The Labute approximate surface area is 133 Å². The SMILES string of the molecule is CC(=O)c1ccc(Oc2cc(Br)ccc2Cl)c(Br)c1. The summed E-state index contributed by atoms with van der Waals surface area (Å²) in [5.74, 6) is 1.16. The molecule has 0 saturated carbocycles. The van der Waals surface area contributed by atoms with Crippen LogP contribution in [0.15, 0.2) is 45.3 Å². The minimum atomic E-state index is 0.00716. The van der Waals surface area contributed by atoms with Crippen molar-refractivity contribution in [1.82, 2.24) is 0 Å². The van der Waals surface area contributed by atoms with Crippen molar-refractivity contribution in [3.63, 3.8) is 0 Å². The number of halogens is 3. The van der Waals surface area contributed by atoms with Gasteiger partial charge in [0.25, 0.3) is 0 Å². The Morgan fingerprint density at radius 1 is 1.11 bits per heavy atom. The number of Topliss-reactive ketones (excluding diaryl/α,β-unsaturated/α-hetero) is 1. The third kappa shape index (κ3) is 3.59. The summed E-state index contributed by atoms with van der Waals surface area (Å²) >= 11 is 12.8. The normalized spacial score (nSPS) is 10.3. The summed E-state index contributed by atoms with van der Waals surface area (Å²) < 4.78 is 7.32. The second-order valence-electron chi connectivity index (χ2n) is 3.88. The van der Waals surface area contributed by atoms with Crippen LogP contribution < -0.4 is 4.74 Å². The summed E-state index contributed by atoms with van der Waals surface area (Å²) in [7, 11) is 0. The Morgan fingerprint density at radius 3 is 2.47 bits per heavy atom. The molecule has 0 aromatic heterocycles. The zero-order valence-electron chi connectivity index (χ0n) is 9.91. The Bertz CT molecular complexity index is 641. The highest BCUT2D eigenvalue weighted by atomic mass is 79.9. The molecule has 0 fully saturated rings. The Hall–Kier alpha value is -0.840. The van der Waals surface area contributed by atoms with Gasteiger partial charge in [0.05, 0.1) is 9.50 Å². The highest BCUT2D eigenvalue weighted by Crippen LogP contribution is 2.35. The average Bonchev–Trinajstić information content (AvgIpc) is 2.36. The molecular formula is C14H9Br2ClO2. The number of benzene rings is 2. The zero-order chi connectivity index (χ0) is 14.0. The van der Waals surface area contributed by atoms with Crippen molar-refractivity contribution in [3.8, 4) is 11.5 Å². The van der Waals surface area contributed by atoms with Gasteiger partial charge in [0, 0.05) is 10.0 Å². The molecule has 2 aromatic rings. The Kier molecular flexibility index (Phi) is 4.66. The van der Waals surface area contributed by atoms with Gasteiger partial charge in [-0.3, -0.25) is 4.79 Å². The molecule has 0 N–H and O–H groups in total. The molecule has 2 aromatic carbocycles. The lowest BCUT2D eigenvalue weighted by molar-refractivity contribution is 0.101. The van der Waals surface area contributed by atoms with Crippen LogP contribution in [0.4, 0.5) is 0 Å². The molecule has 0 unspecified atom stereocenters. The van der Waals surface area contributed by atoms with Gasteiger partial charge in [0.1, 0.15) is 11.5 Å². The van der Waals surface area contributed by atoms with Gasteiger partial charge < -0.3 is 4.74 Å². The number of rotatable bonds is 3. The number of ether oxygens (including phenoxy) is 1. The fraction of sp³-hybridized carbons (Fsp3) is 0.0714. The minimum Gasteiger partial charge on any atom is -0.455 e. The van der Waals surface area contributed by atoms with Crippen LogP contribution in [0.3, 0.4) is 0 Å². The van der Waals surface area contributed by atoms with Crippen molar-refractivity contribution in [2.24, 2.45) is 0 Å². The summed E-state index contributed by atoms with van der Waals surface area (Å²) in [5.41, 5.74) is 0.625. The van der Waals surface area contributed by atoms with E-state index in [-0.39, 0.29) is 5.78 Å². The monoisotopic (exact) mass is 402 g/mol. The molecular weight excluding hydrogens is 395 g/mol. The van der Waals surface area contributed by atoms with E-state index in [2.05, 4.69) is 31.9 Å². The van der Waals surface area contributed by atoms with E-state index in [1.807, 2.05) is 6.07 Å². The van der Waals surface area contributed by atoms with Gasteiger partial charge in [-0.05, 0) is 59.3 Å². The van der Waals surface area contributed by atoms with E-state index >= 15 is 0 Å². The number of hydrogen-bond donors (Lipinski definition) is 0. The molecule has 0 aliphatic rings. The fourth-order valence-electron chi connectivity index (χ4n) is 1.48. The van der Waals surface area contributed by atoms with Crippen molar-refractivity contribution in [2.75, 3.05) is 0 Å². The molecule has 0 bridgehead atoms. The first-order chi connectivity index (χ1) is 8.97. The van der Waals surface area contributed by atoms with Gasteiger partial charge >= 0.3 is 0 Å². The van der Waals surface area contributed by atoms with Gasteiger partial charge in [-0.2, -0.15) is 0 Å². The van der Waals surface area contributed by atoms with Crippen molar-refractivity contribution in [3.05, 3.63) is 55.9 Å². The maximum atomic E-state index is 11.3. The van der Waals surface area contributed by atoms with E-state index in [9.17, 15) is 4.79 Å². The van der Waals surface area contributed by atoms with E-state index in [4.69, 9.17) is 16.3 Å². The van der Waals surface area contributed by atoms with Gasteiger partial charge in [0.15, 0.2) is 5.78 Å². The molecule has 0 aliphatic heterocycles. The first-order valence-electron chi connectivity index (χ1n) is 5.41. The standard InChI is InChI=1S/C14H9Br2ClO2/c1-8(18)9-2-5-13(11(16)6-9)19-14-7-10(15)3-4-12(14)17/h2-7H,1H3. The van der Waals surface area contributed by atoms with Gasteiger partial charge in [-0.1, -0.05) is 27.5 Å². The van der Waals surface area contributed by atoms with E-state index < -0.39 is 0 Å². The first kappa shape index (κ1) is 14.6. The van der Waals surface area contributed by atoms with Crippen LogP contribution in [0.5, 0.6) is 11.5 Å². The molecule has 0 radical (unpaired) electrons. The van der Waals surface area contributed by atoms with Gasteiger partial charge in [-0.25, -0.2) is 0 Å². The Morgan fingerprint density at radius 2 is 1.84 bits per heavy atom. The van der Waals surface area contributed by atoms with Crippen molar-refractivity contribution >= 4 is 49.2 Å². The largest absolute Gasteiger partial charge is 0.455 e. The van der Waals surface area contributed by atoms with Gasteiger partial charge in [-0.15, -0.1) is 0 Å². The quantitative estimate of drug-likeness (QED) is 0.599. The van der Waals surface area contributed by atoms with Crippen LogP contribution in [0.2, 0.25) is 5.02 Å². The van der Waals surface area contributed by atoms with Crippen LogP contribution in [0.1, 0.15) is 17.3 Å². The average molecular weight is 404 g/mol. The summed E-state index contributed by atoms with van der Waals surface area (Å²) in [5, 5.41) is 0.519. The van der Waals surface area contributed by atoms with Crippen LogP contribution in [-0.4, -0.2) is 5.78 Å². The zero-order valence-corrected chi connectivity index (χ0v) is 13.8. The molecule has 0 atom stereocenters. The maximum absolute atomic E-state index is 11.3. The molecule has 5 heteroatoms. The van der Waals surface area contributed by atoms with Crippen LogP contribution >= 0.6 is 43.5 Å². The molecule has 0 spiro atoms. The van der Waals surface area contributed by atoms with E-state index in [0.717, 1.165) is 4.47 Å². The highest BCUT2D eigenvalue weighted by Gasteiger charge is 2.09. The van der Waals surface area contributed by atoms with E-state index in [0.29, 0.717) is 26.6 Å². The molecule has 0 heterocycles. The van der Waals surface area contributed by atoms with Crippen molar-refractivity contribution in [2.45, 2.75) is 6.92 Å². The predicted octanol–water partition coefficient (Wildman–Crippen LogP) is 5.86. The summed E-state index contributed by atoms with van der Waals surface area (Å²) in [4.78, 5) is 11.3. The lowest BCUT2D eigenvalue weighted by atomic mass is 10.1. The molecule has 2 rings (SSSR count). The topological polar surface area (TPSA) is 26.3 Å². The van der Waals surface area contributed by atoms with Gasteiger partial charge in [0.2, 0.25) is 0 Å². The minimum absolute atomic E-state index is 0.00716. The second-order valence-corrected chi connectivity index (χ2v) is 6.06. The predicted molar refractivity (Wildman–Crippen MR) is 83.4 cm³/mol. The molecule has 0 amide bonds. The molecule has 0 aliphatic carbocycles. The Balaban J connectivity index is 2.33. The summed E-state index contributed by atoms with van der Waals surface area (Å²) in [6.07, 6.45) is 0. The number of hydrogen-bond acceptors (Lipinski definition) is 2. The molecule has 0 saturated heterocycles. The lowest BCUT2D eigenvalue weighted by Gasteiger charge is -2.10. The van der Waals surface area contributed by atoms with E-state index in [1.165, 1.54) is 6.92 Å². The number of carbonyl (C=O) groups excluding carboxylic acids is 1. The maximum Gasteiger partial charge on any atom is 0.159 e. The van der Waals surface area contributed by atoms with Crippen LogP contribution in [0, 0.1) is 0 Å².